The van der Waals surface area contributed by atoms with Gasteiger partial charge in [-0.1, -0.05) is 41.9 Å². The minimum absolute atomic E-state index is 0.175. The first-order valence-corrected chi connectivity index (χ1v) is 9.54. The van der Waals surface area contributed by atoms with E-state index in [-0.39, 0.29) is 11.8 Å². The number of hydrogen-bond donors (Lipinski definition) is 2. The number of amides is 2. The largest absolute Gasteiger partial charge is 0.481 e. The summed E-state index contributed by atoms with van der Waals surface area (Å²) >= 11 is 5.84. The SMILES string of the molecule is CC(Oc1ccc(Cl)cc1)C(=O)Nc1ccc(C(=O)NCc2ccccc2)cc1. The van der Waals surface area contributed by atoms with Crippen LogP contribution in [0.1, 0.15) is 22.8 Å². The average molecular weight is 409 g/mol. The maximum Gasteiger partial charge on any atom is 0.265 e. The van der Waals surface area contributed by atoms with Crippen LogP contribution in [-0.4, -0.2) is 17.9 Å². The first-order valence-electron chi connectivity index (χ1n) is 9.16. The van der Waals surface area contributed by atoms with Crippen LogP contribution in [0.2, 0.25) is 5.02 Å². The van der Waals surface area contributed by atoms with Crippen LogP contribution in [0.4, 0.5) is 5.69 Å². The third-order valence-corrected chi connectivity index (χ3v) is 4.46. The van der Waals surface area contributed by atoms with Gasteiger partial charge in [-0.25, -0.2) is 0 Å². The molecule has 0 saturated heterocycles. The molecular weight excluding hydrogens is 388 g/mol. The molecule has 1 unspecified atom stereocenters. The van der Waals surface area contributed by atoms with E-state index in [9.17, 15) is 9.59 Å². The Morgan fingerprint density at radius 3 is 2.24 bits per heavy atom. The summed E-state index contributed by atoms with van der Waals surface area (Å²) in [4.78, 5) is 24.6. The topological polar surface area (TPSA) is 67.4 Å². The van der Waals surface area contributed by atoms with E-state index >= 15 is 0 Å². The number of carbonyl (C=O) groups excluding carboxylic acids is 2. The summed E-state index contributed by atoms with van der Waals surface area (Å²) in [6.45, 7) is 2.12. The zero-order chi connectivity index (χ0) is 20.6. The highest BCUT2D eigenvalue weighted by Gasteiger charge is 2.15. The van der Waals surface area contributed by atoms with Crippen LogP contribution in [-0.2, 0) is 11.3 Å². The van der Waals surface area contributed by atoms with Gasteiger partial charge < -0.3 is 15.4 Å². The van der Waals surface area contributed by atoms with Gasteiger partial charge in [-0.15, -0.1) is 0 Å². The molecule has 2 amide bonds. The Labute approximate surface area is 174 Å². The molecule has 6 heteroatoms. The van der Waals surface area contributed by atoms with Gasteiger partial charge in [0.2, 0.25) is 0 Å². The minimum atomic E-state index is -0.690. The van der Waals surface area contributed by atoms with Crippen molar-refractivity contribution in [1.29, 1.82) is 0 Å². The average Bonchev–Trinajstić information content (AvgIpc) is 2.75. The summed E-state index contributed by atoms with van der Waals surface area (Å²) in [5.41, 5.74) is 2.13. The molecule has 5 nitrogen and oxygen atoms in total. The lowest BCUT2D eigenvalue weighted by atomic mass is 10.1. The van der Waals surface area contributed by atoms with E-state index in [2.05, 4.69) is 10.6 Å². The number of hydrogen-bond acceptors (Lipinski definition) is 3. The molecule has 3 aromatic rings. The van der Waals surface area contributed by atoms with E-state index in [1.807, 2.05) is 30.3 Å². The maximum atomic E-state index is 12.3. The molecule has 1 atom stereocenters. The molecule has 2 N–H and O–H groups in total. The zero-order valence-electron chi connectivity index (χ0n) is 15.9. The fraction of sp³-hybridized carbons (Fsp3) is 0.130. The van der Waals surface area contributed by atoms with Crippen molar-refractivity contribution in [2.75, 3.05) is 5.32 Å². The molecule has 148 valence electrons. The Balaban J connectivity index is 1.51. The molecule has 0 aliphatic rings. The van der Waals surface area contributed by atoms with Gasteiger partial charge in [-0.2, -0.15) is 0 Å². The number of benzene rings is 3. The molecular formula is C23H21ClN2O3. The van der Waals surface area contributed by atoms with E-state index in [1.54, 1.807) is 55.5 Å². The second kappa shape index (κ2) is 9.75. The molecule has 29 heavy (non-hydrogen) atoms. The lowest BCUT2D eigenvalue weighted by Crippen LogP contribution is -2.30. The van der Waals surface area contributed by atoms with Gasteiger partial charge in [0.05, 0.1) is 0 Å². The number of nitrogens with one attached hydrogen (secondary N) is 2. The van der Waals surface area contributed by atoms with Crippen LogP contribution in [0, 0.1) is 0 Å². The fourth-order valence-corrected chi connectivity index (χ4v) is 2.73. The van der Waals surface area contributed by atoms with E-state index < -0.39 is 6.10 Å². The normalized spacial score (nSPS) is 11.4. The summed E-state index contributed by atoms with van der Waals surface area (Å²) in [6, 6.07) is 23.2. The molecule has 3 aromatic carbocycles. The predicted molar refractivity (Wildman–Crippen MR) is 114 cm³/mol. The van der Waals surface area contributed by atoms with Crippen LogP contribution >= 0.6 is 11.6 Å². The van der Waals surface area contributed by atoms with Gasteiger partial charge in [-0.3, -0.25) is 9.59 Å². The number of halogens is 1. The third kappa shape index (κ3) is 6.09. The van der Waals surface area contributed by atoms with Crippen molar-refractivity contribution in [3.05, 3.63) is 95.0 Å². The Kier molecular flexibility index (Phi) is 6.87. The number of rotatable bonds is 7. The highest BCUT2D eigenvalue weighted by molar-refractivity contribution is 6.30. The van der Waals surface area contributed by atoms with E-state index in [4.69, 9.17) is 16.3 Å². The highest BCUT2D eigenvalue weighted by Crippen LogP contribution is 2.17. The van der Waals surface area contributed by atoms with Gasteiger partial charge in [-0.05, 0) is 61.0 Å². The fourth-order valence-electron chi connectivity index (χ4n) is 2.60. The van der Waals surface area contributed by atoms with E-state index in [0.29, 0.717) is 28.6 Å². The molecule has 0 bridgehead atoms. The van der Waals surface area contributed by atoms with E-state index in [0.717, 1.165) is 5.56 Å². The van der Waals surface area contributed by atoms with Crippen molar-refractivity contribution in [2.45, 2.75) is 19.6 Å². The standard InChI is InChI=1S/C23H21ClN2O3/c1-16(29-21-13-9-19(24)10-14-21)22(27)26-20-11-7-18(8-12-20)23(28)25-15-17-5-3-2-4-6-17/h2-14,16H,15H2,1H3,(H,25,28)(H,26,27). The zero-order valence-corrected chi connectivity index (χ0v) is 16.6. The second-order valence-electron chi connectivity index (χ2n) is 6.45. The van der Waals surface area contributed by atoms with Crippen LogP contribution < -0.4 is 15.4 Å². The smallest absolute Gasteiger partial charge is 0.265 e. The summed E-state index contributed by atoms with van der Waals surface area (Å²) in [5.74, 6) is 0.0925. The third-order valence-electron chi connectivity index (χ3n) is 4.21. The summed E-state index contributed by atoms with van der Waals surface area (Å²) in [7, 11) is 0. The van der Waals surface area contributed by atoms with Crippen molar-refractivity contribution in [1.82, 2.24) is 5.32 Å². The molecule has 0 aromatic heterocycles. The lowest BCUT2D eigenvalue weighted by Gasteiger charge is -2.15. The van der Waals surface area contributed by atoms with Gasteiger partial charge >= 0.3 is 0 Å². The summed E-state index contributed by atoms with van der Waals surface area (Å²) < 4.78 is 5.60. The second-order valence-corrected chi connectivity index (χ2v) is 6.89. The maximum absolute atomic E-state index is 12.3. The molecule has 0 aliphatic heterocycles. The molecule has 0 spiro atoms. The van der Waals surface area contributed by atoms with Crippen LogP contribution in [0.5, 0.6) is 5.75 Å². The predicted octanol–water partition coefficient (Wildman–Crippen LogP) is 4.68. The monoisotopic (exact) mass is 408 g/mol. The molecule has 0 aliphatic carbocycles. The number of anilines is 1. The van der Waals surface area contributed by atoms with Crippen LogP contribution in [0.25, 0.3) is 0 Å². The van der Waals surface area contributed by atoms with Crippen molar-refractivity contribution in [2.24, 2.45) is 0 Å². The molecule has 3 rings (SSSR count). The first kappa shape index (κ1) is 20.4. The number of ether oxygens (including phenoxy) is 1. The van der Waals surface area contributed by atoms with Crippen LogP contribution in [0.3, 0.4) is 0 Å². The molecule has 0 fully saturated rings. The quantitative estimate of drug-likeness (QED) is 0.596. The highest BCUT2D eigenvalue weighted by atomic mass is 35.5. The van der Waals surface area contributed by atoms with Gasteiger partial charge in [0.25, 0.3) is 11.8 Å². The first-order chi connectivity index (χ1) is 14.0. The van der Waals surface area contributed by atoms with Crippen molar-refractivity contribution >= 4 is 29.1 Å². The number of carbonyl (C=O) groups is 2. The Hall–Kier alpha value is -3.31. The van der Waals surface area contributed by atoms with E-state index in [1.165, 1.54) is 0 Å². The molecule has 0 saturated carbocycles. The van der Waals surface area contributed by atoms with Crippen molar-refractivity contribution < 1.29 is 14.3 Å². The van der Waals surface area contributed by atoms with Crippen molar-refractivity contribution in [3.8, 4) is 5.75 Å². The minimum Gasteiger partial charge on any atom is -0.481 e. The van der Waals surface area contributed by atoms with Gasteiger partial charge in [0.1, 0.15) is 5.75 Å². The van der Waals surface area contributed by atoms with Gasteiger partial charge in [0.15, 0.2) is 6.10 Å². The molecule has 0 radical (unpaired) electrons. The summed E-state index contributed by atoms with van der Waals surface area (Å²) in [6.07, 6.45) is -0.690. The Morgan fingerprint density at radius 1 is 0.931 bits per heavy atom. The van der Waals surface area contributed by atoms with Gasteiger partial charge in [0, 0.05) is 22.8 Å². The Morgan fingerprint density at radius 2 is 1.59 bits per heavy atom. The van der Waals surface area contributed by atoms with Crippen molar-refractivity contribution in [3.63, 3.8) is 0 Å². The van der Waals surface area contributed by atoms with Crippen LogP contribution in [0.15, 0.2) is 78.9 Å². The Bertz CT molecular complexity index is 958. The molecule has 0 heterocycles. The lowest BCUT2D eigenvalue weighted by molar-refractivity contribution is -0.122. The summed E-state index contributed by atoms with van der Waals surface area (Å²) in [5, 5.41) is 6.24.